The number of alkyl halides is 2. The monoisotopic (exact) mass is 401 g/mol. The number of aromatic nitrogens is 2. The van der Waals surface area contributed by atoms with Gasteiger partial charge in [-0.3, -0.25) is 14.9 Å². The number of halogens is 3. The molecular weight excluding hydrogens is 384 g/mol. The van der Waals surface area contributed by atoms with E-state index in [0.29, 0.717) is 22.0 Å². The number of hydrogen-bond donors (Lipinski definition) is 1. The average Bonchev–Trinajstić information content (AvgIpc) is 2.68. The Balaban J connectivity index is 1.91. The van der Waals surface area contributed by atoms with Crippen LogP contribution in [0.5, 0.6) is 0 Å². The Morgan fingerprint density at radius 1 is 0.964 bits per heavy atom. The van der Waals surface area contributed by atoms with Gasteiger partial charge in [-0.15, -0.1) is 0 Å². The van der Waals surface area contributed by atoms with Gasteiger partial charge in [-0.05, 0) is 42.0 Å². The summed E-state index contributed by atoms with van der Waals surface area (Å²) in [4.78, 5) is 10.2. The standard InChI is InChI=1S/C21H18ClF2N3O/c22-16-7-5-6-15(12-16)19(27-13-20(23,24)14-27)21(28,17-8-1-3-10-25-17)18-9-2-4-11-26-18/h1-12,19,28H,13-14H2. The van der Waals surface area contributed by atoms with Crippen LogP contribution in [-0.4, -0.2) is 39.0 Å². The van der Waals surface area contributed by atoms with Crippen molar-refractivity contribution in [2.75, 3.05) is 13.1 Å². The van der Waals surface area contributed by atoms with E-state index in [4.69, 9.17) is 11.6 Å². The van der Waals surface area contributed by atoms with Gasteiger partial charge in [0.2, 0.25) is 0 Å². The largest absolute Gasteiger partial charge is 0.375 e. The van der Waals surface area contributed by atoms with E-state index in [-0.39, 0.29) is 0 Å². The number of likely N-dealkylation sites (tertiary alicyclic amines) is 1. The zero-order valence-corrected chi connectivity index (χ0v) is 15.6. The van der Waals surface area contributed by atoms with Crippen LogP contribution in [0.1, 0.15) is 23.0 Å². The first-order chi connectivity index (χ1) is 13.4. The quantitative estimate of drug-likeness (QED) is 0.700. The van der Waals surface area contributed by atoms with E-state index >= 15 is 0 Å². The molecule has 1 N–H and O–H groups in total. The molecule has 1 saturated heterocycles. The highest BCUT2D eigenvalue weighted by atomic mass is 35.5. The van der Waals surface area contributed by atoms with Crippen LogP contribution in [0.4, 0.5) is 8.78 Å². The fourth-order valence-electron chi connectivity index (χ4n) is 3.71. The molecule has 3 aromatic rings. The number of hydrogen-bond acceptors (Lipinski definition) is 4. The summed E-state index contributed by atoms with van der Waals surface area (Å²) in [6.07, 6.45) is 3.12. The van der Waals surface area contributed by atoms with Crippen molar-refractivity contribution in [1.82, 2.24) is 14.9 Å². The SMILES string of the molecule is OC(c1ccccn1)(c1ccccn1)C(c1cccc(Cl)c1)N1CC(F)(F)C1. The summed E-state index contributed by atoms with van der Waals surface area (Å²) in [5.41, 5.74) is -0.478. The van der Waals surface area contributed by atoms with Crippen LogP contribution in [0.15, 0.2) is 73.1 Å². The second-order valence-electron chi connectivity index (χ2n) is 6.91. The first kappa shape index (κ1) is 18.9. The molecule has 1 unspecified atom stereocenters. The zero-order chi connectivity index (χ0) is 19.8. The van der Waals surface area contributed by atoms with Gasteiger partial charge in [0.1, 0.15) is 0 Å². The molecule has 4 nitrogen and oxygen atoms in total. The molecule has 0 bridgehead atoms. The molecule has 1 atom stereocenters. The lowest BCUT2D eigenvalue weighted by atomic mass is 9.79. The molecule has 1 aliphatic rings. The van der Waals surface area contributed by atoms with Gasteiger partial charge in [-0.2, -0.15) is 0 Å². The highest BCUT2D eigenvalue weighted by Crippen LogP contribution is 2.47. The van der Waals surface area contributed by atoms with Gasteiger partial charge < -0.3 is 5.11 Å². The minimum atomic E-state index is -2.80. The molecule has 1 aliphatic heterocycles. The van der Waals surface area contributed by atoms with E-state index in [1.807, 2.05) is 0 Å². The van der Waals surface area contributed by atoms with E-state index in [0.717, 1.165) is 0 Å². The molecule has 1 fully saturated rings. The van der Waals surface area contributed by atoms with Crippen molar-refractivity contribution < 1.29 is 13.9 Å². The third-order valence-electron chi connectivity index (χ3n) is 4.90. The maximum atomic E-state index is 13.8. The molecule has 0 saturated carbocycles. The highest BCUT2D eigenvalue weighted by molar-refractivity contribution is 6.30. The van der Waals surface area contributed by atoms with E-state index in [1.165, 1.54) is 4.90 Å². The fraction of sp³-hybridized carbons (Fsp3) is 0.238. The predicted molar refractivity (Wildman–Crippen MR) is 102 cm³/mol. The van der Waals surface area contributed by atoms with Gasteiger partial charge in [-0.25, -0.2) is 8.78 Å². The first-order valence-corrected chi connectivity index (χ1v) is 9.21. The van der Waals surface area contributed by atoms with Crippen molar-refractivity contribution in [2.45, 2.75) is 17.6 Å². The lowest BCUT2D eigenvalue weighted by Gasteiger charge is -2.49. The van der Waals surface area contributed by atoms with E-state index in [2.05, 4.69) is 9.97 Å². The number of rotatable bonds is 5. The molecule has 0 amide bonds. The van der Waals surface area contributed by atoms with Crippen molar-refractivity contribution in [2.24, 2.45) is 0 Å². The Labute approximate surface area is 166 Å². The summed E-state index contributed by atoms with van der Waals surface area (Å²) in [7, 11) is 0. The Hall–Kier alpha value is -2.41. The maximum Gasteiger partial charge on any atom is 0.272 e. The summed E-state index contributed by atoms with van der Waals surface area (Å²) < 4.78 is 27.5. The van der Waals surface area contributed by atoms with Crippen molar-refractivity contribution >= 4 is 11.6 Å². The Kier molecular flexibility index (Phi) is 4.87. The van der Waals surface area contributed by atoms with Gasteiger partial charge >= 0.3 is 0 Å². The number of pyridine rings is 2. The third-order valence-corrected chi connectivity index (χ3v) is 5.14. The molecule has 3 heterocycles. The minimum Gasteiger partial charge on any atom is -0.375 e. The first-order valence-electron chi connectivity index (χ1n) is 8.83. The predicted octanol–water partition coefficient (Wildman–Crippen LogP) is 4.06. The van der Waals surface area contributed by atoms with Crippen LogP contribution in [0.2, 0.25) is 5.02 Å². The normalized spacial score (nSPS) is 17.7. The number of nitrogens with zero attached hydrogens (tertiary/aromatic N) is 3. The summed E-state index contributed by atoms with van der Waals surface area (Å²) >= 11 is 6.17. The van der Waals surface area contributed by atoms with Crippen molar-refractivity contribution in [3.05, 3.63) is 95.0 Å². The van der Waals surface area contributed by atoms with E-state index in [9.17, 15) is 13.9 Å². The Bertz CT molecular complexity index is 909. The van der Waals surface area contributed by atoms with E-state index in [1.54, 1.807) is 73.1 Å². The topological polar surface area (TPSA) is 49.3 Å². The summed E-state index contributed by atoms with van der Waals surface area (Å²) in [6, 6.07) is 16.3. The van der Waals surface area contributed by atoms with Gasteiger partial charge in [0.05, 0.1) is 30.5 Å². The second kappa shape index (κ2) is 7.20. The molecule has 7 heteroatoms. The maximum absolute atomic E-state index is 13.8. The Morgan fingerprint density at radius 3 is 2.04 bits per heavy atom. The fourth-order valence-corrected chi connectivity index (χ4v) is 3.91. The van der Waals surface area contributed by atoms with Crippen LogP contribution in [0.3, 0.4) is 0 Å². The molecule has 0 radical (unpaired) electrons. The van der Waals surface area contributed by atoms with Crippen molar-refractivity contribution in [3.8, 4) is 0 Å². The molecular formula is C21H18ClF2N3O. The summed E-state index contributed by atoms with van der Waals surface area (Å²) in [5.74, 6) is -2.80. The van der Waals surface area contributed by atoms with Gasteiger partial charge in [0, 0.05) is 17.4 Å². The van der Waals surface area contributed by atoms with Crippen LogP contribution >= 0.6 is 11.6 Å². The number of benzene rings is 1. The lowest BCUT2D eigenvalue weighted by Crippen LogP contribution is -2.61. The second-order valence-corrected chi connectivity index (χ2v) is 7.35. The summed E-state index contributed by atoms with van der Waals surface area (Å²) in [6.45, 7) is -0.932. The van der Waals surface area contributed by atoms with Crippen LogP contribution in [-0.2, 0) is 5.60 Å². The van der Waals surface area contributed by atoms with Crippen molar-refractivity contribution in [3.63, 3.8) is 0 Å². The van der Waals surface area contributed by atoms with Gasteiger partial charge in [0.15, 0.2) is 5.60 Å². The van der Waals surface area contributed by atoms with Gasteiger partial charge in [-0.1, -0.05) is 35.9 Å². The smallest absolute Gasteiger partial charge is 0.272 e. The zero-order valence-electron chi connectivity index (χ0n) is 14.8. The highest BCUT2D eigenvalue weighted by Gasteiger charge is 2.55. The molecule has 144 valence electrons. The minimum absolute atomic E-state index is 0.328. The lowest BCUT2D eigenvalue weighted by molar-refractivity contribution is -0.176. The van der Waals surface area contributed by atoms with Crippen LogP contribution in [0.25, 0.3) is 0 Å². The van der Waals surface area contributed by atoms with Crippen LogP contribution < -0.4 is 0 Å². The molecule has 1 aromatic carbocycles. The molecule has 28 heavy (non-hydrogen) atoms. The molecule has 4 rings (SSSR count). The summed E-state index contributed by atoms with van der Waals surface area (Å²) in [5, 5.41) is 12.5. The molecule has 0 aliphatic carbocycles. The van der Waals surface area contributed by atoms with E-state index < -0.39 is 30.7 Å². The third kappa shape index (κ3) is 3.39. The van der Waals surface area contributed by atoms with Crippen molar-refractivity contribution in [1.29, 1.82) is 0 Å². The van der Waals surface area contributed by atoms with Crippen LogP contribution in [0, 0.1) is 0 Å². The molecule has 2 aromatic heterocycles. The number of aliphatic hydroxyl groups is 1. The average molecular weight is 402 g/mol. The molecule has 0 spiro atoms. The van der Waals surface area contributed by atoms with Gasteiger partial charge in [0.25, 0.3) is 5.92 Å². The Morgan fingerprint density at radius 2 is 1.57 bits per heavy atom.